The zero-order valence-corrected chi connectivity index (χ0v) is 12.0. The number of hydrogen-bond acceptors (Lipinski definition) is 3. The lowest BCUT2D eigenvalue weighted by Gasteiger charge is -2.26. The number of amides is 1. The number of carbonyl (C=O) groups is 1. The van der Waals surface area contributed by atoms with E-state index < -0.39 is 0 Å². The number of benzene rings is 1. The van der Waals surface area contributed by atoms with Crippen molar-refractivity contribution in [3.8, 4) is 11.1 Å². The van der Waals surface area contributed by atoms with Gasteiger partial charge in [-0.1, -0.05) is 6.07 Å². The van der Waals surface area contributed by atoms with Gasteiger partial charge in [-0.25, -0.2) is 0 Å². The number of rotatable bonds is 1. The Morgan fingerprint density at radius 1 is 1.21 bits per heavy atom. The van der Waals surface area contributed by atoms with Crippen LogP contribution in [0, 0.1) is 0 Å². The molecule has 0 atom stereocenters. The standard InChI is InChI=1S/C14H12BrN3O/c1-18-12-4-2-9(6-10(12)3-5-14(18)19)11-7-13(15)17-16-8-11/h2,4,6-8H,3,5H2,1H3. The molecule has 2 aromatic rings. The Kier molecular flexibility index (Phi) is 3.06. The molecule has 4 nitrogen and oxygen atoms in total. The van der Waals surface area contributed by atoms with Gasteiger partial charge in [-0.3, -0.25) is 4.79 Å². The fourth-order valence-electron chi connectivity index (χ4n) is 2.33. The Bertz CT molecular complexity index is 657. The molecule has 96 valence electrons. The van der Waals surface area contributed by atoms with Crippen LogP contribution in [0.5, 0.6) is 0 Å². The van der Waals surface area contributed by atoms with E-state index in [2.05, 4.69) is 32.2 Å². The van der Waals surface area contributed by atoms with Crippen molar-refractivity contribution in [3.63, 3.8) is 0 Å². The van der Waals surface area contributed by atoms with E-state index >= 15 is 0 Å². The van der Waals surface area contributed by atoms with Crippen LogP contribution in [0.3, 0.4) is 0 Å². The molecule has 1 amide bonds. The smallest absolute Gasteiger partial charge is 0.227 e. The van der Waals surface area contributed by atoms with E-state index in [9.17, 15) is 4.79 Å². The predicted molar refractivity (Wildman–Crippen MR) is 76.9 cm³/mol. The summed E-state index contributed by atoms with van der Waals surface area (Å²) in [6, 6.07) is 8.07. The largest absolute Gasteiger partial charge is 0.315 e. The molecule has 0 spiro atoms. The van der Waals surface area contributed by atoms with Crippen molar-refractivity contribution in [1.29, 1.82) is 0 Å². The highest BCUT2D eigenvalue weighted by Gasteiger charge is 2.20. The molecule has 0 radical (unpaired) electrons. The zero-order chi connectivity index (χ0) is 13.4. The van der Waals surface area contributed by atoms with Gasteiger partial charge in [-0.05, 0) is 51.7 Å². The quantitative estimate of drug-likeness (QED) is 0.812. The number of aryl methyl sites for hydroxylation is 1. The van der Waals surface area contributed by atoms with Crippen LogP contribution in [0.2, 0.25) is 0 Å². The fourth-order valence-corrected chi connectivity index (χ4v) is 2.67. The molecule has 1 aromatic heterocycles. The van der Waals surface area contributed by atoms with Crippen molar-refractivity contribution in [2.75, 3.05) is 11.9 Å². The molecule has 0 unspecified atom stereocenters. The summed E-state index contributed by atoms with van der Waals surface area (Å²) in [6.07, 6.45) is 3.11. The van der Waals surface area contributed by atoms with Gasteiger partial charge in [0.15, 0.2) is 0 Å². The van der Waals surface area contributed by atoms with Gasteiger partial charge in [0.25, 0.3) is 0 Å². The van der Waals surface area contributed by atoms with Gasteiger partial charge < -0.3 is 4.90 Å². The highest BCUT2D eigenvalue weighted by molar-refractivity contribution is 9.10. The third kappa shape index (κ3) is 2.26. The summed E-state index contributed by atoms with van der Waals surface area (Å²) >= 11 is 3.33. The van der Waals surface area contributed by atoms with Gasteiger partial charge in [-0.15, -0.1) is 5.10 Å². The van der Waals surface area contributed by atoms with Crippen LogP contribution in [0.4, 0.5) is 5.69 Å². The molecule has 0 N–H and O–H groups in total. The second-order valence-corrected chi connectivity index (χ2v) is 5.38. The molecule has 3 rings (SSSR count). The lowest BCUT2D eigenvalue weighted by Crippen LogP contribution is -2.30. The molecule has 1 aliphatic rings. The fraction of sp³-hybridized carbons (Fsp3) is 0.214. The van der Waals surface area contributed by atoms with E-state index in [0.29, 0.717) is 6.42 Å². The second-order valence-electron chi connectivity index (χ2n) is 4.56. The Morgan fingerprint density at radius 3 is 2.84 bits per heavy atom. The Balaban J connectivity index is 2.05. The minimum atomic E-state index is 0.175. The molecule has 2 heterocycles. The van der Waals surface area contributed by atoms with Crippen molar-refractivity contribution >= 4 is 27.5 Å². The number of anilines is 1. The first-order valence-electron chi connectivity index (χ1n) is 6.03. The first-order valence-corrected chi connectivity index (χ1v) is 6.82. The summed E-state index contributed by atoms with van der Waals surface area (Å²) in [5, 5.41) is 7.83. The molecule has 0 fully saturated rings. The summed E-state index contributed by atoms with van der Waals surface area (Å²) in [5.74, 6) is 0.175. The van der Waals surface area contributed by atoms with Crippen molar-refractivity contribution in [1.82, 2.24) is 10.2 Å². The number of carbonyl (C=O) groups excluding carboxylic acids is 1. The zero-order valence-electron chi connectivity index (χ0n) is 10.4. The average Bonchev–Trinajstić information content (AvgIpc) is 2.43. The van der Waals surface area contributed by atoms with Gasteiger partial charge in [0.2, 0.25) is 5.91 Å². The summed E-state index contributed by atoms with van der Waals surface area (Å²) in [6.45, 7) is 0. The van der Waals surface area contributed by atoms with Gasteiger partial charge in [0.1, 0.15) is 4.60 Å². The molecule has 19 heavy (non-hydrogen) atoms. The normalized spacial score (nSPS) is 14.4. The van der Waals surface area contributed by atoms with Crippen LogP contribution in [0.25, 0.3) is 11.1 Å². The van der Waals surface area contributed by atoms with Gasteiger partial charge >= 0.3 is 0 Å². The Morgan fingerprint density at radius 2 is 2.05 bits per heavy atom. The monoisotopic (exact) mass is 317 g/mol. The lowest BCUT2D eigenvalue weighted by molar-refractivity contribution is -0.118. The SMILES string of the molecule is CN1C(=O)CCc2cc(-c3cnnc(Br)c3)ccc21. The molecule has 0 saturated carbocycles. The van der Waals surface area contributed by atoms with E-state index in [0.717, 1.165) is 27.8 Å². The lowest BCUT2D eigenvalue weighted by atomic mass is 9.97. The average molecular weight is 318 g/mol. The van der Waals surface area contributed by atoms with E-state index in [4.69, 9.17) is 0 Å². The summed E-state index contributed by atoms with van der Waals surface area (Å²) in [7, 11) is 1.82. The van der Waals surface area contributed by atoms with Crippen molar-refractivity contribution < 1.29 is 4.79 Å². The van der Waals surface area contributed by atoms with E-state index in [1.54, 1.807) is 11.1 Å². The van der Waals surface area contributed by atoms with Crippen LogP contribution in [-0.2, 0) is 11.2 Å². The number of fused-ring (bicyclic) bond motifs is 1. The van der Waals surface area contributed by atoms with E-state index in [-0.39, 0.29) is 5.91 Å². The van der Waals surface area contributed by atoms with Gasteiger partial charge in [0.05, 0.1) is 6.20 Å². The van der Waals surface area contributed by atoms with E-state index in [1.807, 2.05) is 25.2 Å². The number of nitrogens with zero attached hydrogens (tertiary/aromatic N) is 3. The van der Waals surface area contributed by atoms with Crippen LogP contribution in [0.1, 0.15) is 12.0 Å². The first kappa shape index (κ1) is 12.3. The maximum absolute atomic E-state index is 11.7. The topological polar surface area (TPSA) is 46.1 Å². The molecular weight excluding hydrogens is 306 g/mol. The highest BCUT2D eigenvalue weighted by Crippen LogP contribution is 2.31. The second kappa shape index (κ2) is 4.74. The molecule has 0 bridgehead atoms. The van der Waals surface area contributed by atoms with Gasteiger partial charge in [-0.2, -0.15) is 5.10 Å². The molecule has 0 aliphatic carbocycles. The third-order valence-electron chi connectivity index (χ3n) is 3.38. The maximum atomic E-state index is 11.7. The molecular formula is C14H12BrN3O. The van der Waals surface area contributed by atoms with E-state index in [1.165, 1.54) is 5.56 Å². The van der Waals surface area contributed by atoms with Crippen molar-refractivity contribution in [2.24, 2.45) is 0 Å². The third-order valence-corrected chi connectivity index (χ3v) is 3.77. The number of hydrogen-bond donors (Lipinski definition) is 0. The minimum absolute atomic E-state index is 0.175. The van der Waals surface area contributed by atoms with Crippen molar-refractivity contribution in [3.05, 3.63) is 40.6 Å². The number of aromatic nitrogens is 2. The number of halogens is 1. The highest BCUT2D eigenvalue weighted by atomic mass is 79.9. The van der Waals surface area contributed by atoms with Gasteiger partial charge in [0, 0.05) is 24.7 Å². The predicted octanol–water partition coefficient (Wildman–Crippen LogP) is 2.82. The molecule has 5 heteroatoms. The van der Waals surface area contributed by atoms with Crippen LogP contribution in [0.15, 0.2) is 35.1 Å². The minimum Gasteiger partial charge on any atom is -0.315 e. The summed E-state index contributed by atoms with van der Waals surface area (Å²) in [5.41, 5.74) is 4.31. The Hall–Kier alpha value is -1.75. The first-order chi connectivity index (χ1) is 9.15. The molecule has 0 saturated heterocycles. The Labute approximate surface area is 119 Å². The maximum Gasteiger partial charge on any atom is 0.227 e. The van der Waals surface area contributed by atoms with Crippen LogP contribution < -0.4 is 4.90 Å². The molecule has 1 aromatic carbocycles. The van der Waals surface area contributed by atoms with Crippen LogP contribution >= 0.6 is 15.9 Å². The summed E-state index contributed by atoms with van der Waals surface area (Å²) in [4.78, 5) is 13.4. The summed E-state index contributed by atoms with van der Waals surface area (Å²) < 4.78 is 0.718. The molecule has 1 aliphatic heterocycles. The van der Waals surface area contributed by atoms with Crippen LogP contribution in [-0.4, -0.2) is 23.2 Å². The van der Waals surface area contributed by atoms with Crippen molar-refractivity contribution in [2.45, 2.75) is 12.8 Å².